The van der Waals surface area contributed by atoms with Crippen molar-refractivity contribution in [2.45, 2.75) is 37.6 Å². The maximum atomic E-state index is 13.6. The van der Waals surface area contributed by atoms with Gasteiger partial charge in [0.05, 0.1) is 11.5 Å². The first-order valence-electron chi connectivity index (χ1n) is 10.5. The number of aromatic nitrogens is 3. The van der Waals surface area contributed by atoms with Gasteiger partial charge in [0.25, 0.3) is 5.91 Å². The zero-order valence-corrected chi connectivity index (χ0v) is 17.0. The van der Waals surface area contributed by atoms with E-state index in [4.69, 9.17) is 0 Å². The van der Waals surface area contributed by atoms with Crippen LogP contribution in [0.25, 0.3) is 5.65 Å². The fraction of sp³-hybridized carbons (Fsp3) is 0.391. The number of carbonyl (C=O) groups is 1. The van der Waals surface area contributed by atoms with Gasteiger partial charge in [0, 0.05) is 56.0 Å². The molecule has 2 fully saturated rings. The number of amides is 1. The lowest BCUT2D eigenvalue weighted by molar-refractivity contribution is 0.0703. The van der Waals surface area contributed by atoms with Gasteiger partial charge in [-0.05, 0) is 37.8 Å². The number of nitriles is 1. The zero-order chi connectivity index (χ0) is 20.7. The monoisotopic (exact) mass is 400 g/mol. The number of rotatable bonds is 3. The molecule has 0 bridgehead atoms. The van der Waals surface area contributed by atoms with Crippen molar-refractivity contribution in [3.63, 3.8) is 0 Å². The number of imidazole rings is 1. The van der Waals surface area contributed by atoms with E-state index in [1.807, 2.05) is 46.0 Å². The molecule has 1 aromatic carbocycles. The molecule has 2 aromatic heterocycles. The molecular weight excluding hydrogens is 376 g/mol. The van der Waals surface area contributed by atoms with Gasteiger partial charge in [-0.15, -0.1) is 0 Å². The summed E-state index contributed by atoms with van der Waals surface area (Å²) in [7, 11) is 0. The Bertz CT molecular complexity index is 1140. The number of carbonyl (C=O) groups excluding carboxylic acids is 1. The number of fused-ring (bicyclic) bond motifs is 1. The van der Waals surface area contributed by atoms with E-state index in [9.17, 15) is 10.1 Å². The van der Waals surface area contributed by atoms with Crippen molar-refractivity contribution in [3.05, 3.63) is 60.2 Å². The molecule has 1 unspecified atom stereocenters. The van der Waals surface area contributed by atoms with E-state index in [2.05, 4.69) is 27.9 Å². The van der Waals surface area contributed by atoms with Crippen molar-refractivity contribution < 1.29 is 4.79 Å². The molecule has 5 rings (SSSR count). The van der Waals surface area contributed by atoms with Gasteiger partial charge in [0.1, 0.15) is 0 Å². The molecule has 1 atom stereocenters. The van der Waals surface area contributed by atoms with Gasteiger partial charge < -0.3 is 14.2 Å². The maximum Gasteiger partial charge on any atom is 0.254 e. The summed E-state index contributed by atoms with van der Waals surface area (Å²) in [5.74, 6) is 0.874. The largest absolute Gasteiger partial charge is 0.352 e. The Morgan fingerprint density at radius 2 is 1.90 bits per heavy atom. The smallest absolute Gasteiger partial charge is 0.254 e. The van der Waals surface area contributed by atoms with Crippen molar-refractivity contribution in [2.24, 2.45) is 0 Å². The van der Waals surface area contributed by atoms with E-state index >= 15 is 0 Å². The summed E-state index contributed by atoms with van der Waals surface area (Å²) in [4.78, 5) is 26.7. The van der Waals surface area contributed by atoms with Crippen LogP contribution in [-0.4, -0.2) is 50.9 Å². The lowest BCUT2D eigenvalue weighted by atomic mass is 9.91. The number of hydrogen-bond acceptors (Lipinski definition) is 5. The van der Waals surface area contributed by atoms with E-state index in [-0.39, 0.29) is 11.9 Å². The van der Waals surface area contributed by atoms with Crippen molar-refractivity contribution in [1.29, 1.82) is 5.26 Å². The average molecular weight is 400 g/mol. The van der Waals surface area contributed by atoms with Crippen LogP contribution in [0.1, 0.15) is 42.1 Å². The van der Waals surface area contributed by atoms with Gasteiger partial charge in [0.15, 0.2) is 11.5 Å². The molecule has 0 spiro atoms. The van der Waals surface area contributed by atoms with Gasteiger partial charge in [0.2, 0.25) is 0 Å². The lowest BCUT2D eigenvalue weighted by Crippen LogP contribution is -2.40. The van der Waals surface area contributed by atoms with Crippen LogP contribution in [0, 0.1) is 11.3 Å². The summed E-state index contributed by atoms with van der Waals surface area (Å²) >= 11 is 0. The quantitative estimate of drug-likeness (QED) is 0.675. The molecule has 7 heteroatoms. The standard InChI is InChI=1S/C23H24N6O/c1-17-6-11-27(20-21-26-10-13-28(21)12-9-25-20)14-15-29(17)22(30)18-4-2-3-5-19(18)23(16-24)7-8-23/h2-5,9-10,12-13,17H,6-8,11,14-15H2,1H3. The molecule has 0 N–H and O–H groups in total. The first-order chi connectivity index (χ1) is 14.6. The highest BCUT2D eigenvalue weighted by atomic mass is 16.2. The van der Waals surface area contributed by atoms with Crippen molar-refractivity contribution in [3.8, 4) is 6.07 Å². The minimum absolute atomic E-state index is 0.0217. The van der Waals surface area contributed by atoms with Gasteiger partial charge in [-0.3, -0.25) is 4.79 Å². The van der Waals surface area contributed by atoms with Gasteiger partial charge in [-0.1, -0.05) is 18.2 Å². The van der Waals surface area contributed by atoms with Crippen LogP contribution in [0.3, 0.4) is 0 Å². The normalized spacial score (nSPS) is 20.6. The van der Waals surface area contributed by atoms with Crippen molar-refractivity contribution in [1.82, 2.24) is 19.3 Å². The molecule has 1 saturated heterocycles. The highest BCUT2D eigenvalue weighted by molar-refractivity contribution is 5.96. The van der Waals surface area contributed by atoms with Gasteiger partial charge >= 0.3 is 0 Å². The Morgan fingerprint density at radius 3 is 2.67 bits per heavy atom. The molecule has 3 aromatic rings. The third kappa shape index (κ3) is 3.00. The average Bonchev–Trinajstić information content (AvgIpc) is 3.48. The van der Waals surface area contributed by atoms with Crippen LogP contribution in [0.15, 0.2) is 49.1 Å². The second-order valence-corrected chi connectivity index (χ2v) is 8.27. The molecule has 1 aliphatic carbocycles. The molecule has 1 amide bonds. The van der Waals surface area contributed by atoms with E-state index in [1.165, 1.54) is 0 Å². The van der Waals surface area contributed by atoms with E-state index < -0.39 is 5.41 Å². The summed E-state index contributed by atoms with van der Waals surface area (Å²) in [6, 6.07) is 10.2. The molecule has 0 radical (unpaired) electrons. The number of nitrogens with zero attached hydrogens (tertiary/aromatic N) is 6. The Balaban J connectivity index is 1.41. The van der Waals surface area contributed by atoms with Crippen LogP contribution in [0.2, 0.25) is 0 Å². The highest BCUT2D eigenvalue weighted by Gasteiger charge is 2.47. The summed E-state index contributed by atoms with van der Waals surface area (Å²) in [6.45, 7) is 4.22. The number of benzene rings is 1. The van der Waals surface area contributed by atoms with Crippen LogP contribution in [-0.2, 0) is 5.41 Å². The fourth-order valence-corrected chi connectivity index (χ4v) is 4.44. The molecular formula is C23H24N6O. The maximum absolute atomic E-state index is 13.6. The van der Waals surface area contributed by atoms with Crippen LogP contribution in [0.5, 0.6) is 0 Å². The second kappa shape index (κ2) is 7.13. The minimum Gasteiger partial charge on any atom is -0.352 e. The van der Waals surface area contributed by atoms with Crippen molar-refractivity contribution in [2.75, 3.05) is 24.5 Å². The lowest BCUT2D eigenvalue weighted by Gasteiger charge is -2.28. The predicted molar refractivity (Wildman–Crippen MR) is 113 cm³/mol. The summed E-state index contributed by atoms with van der Waals surface area (Å²) in [5.41, 5.74) is 1.91. The number of anilines is 1. The van der Waals surface area contributed by atoms with Crippen LogP contribution in [0.4, 0.5) is 5.82 Å². The first-order valence-corrected chi connectivity index (χ1v) is 10.5. The second-order valence-electron chi connectivity index (χ2n) is 8.27. The topological polar surface area (TPSA) is 77.5 Å². The Kier molecular flexibility index (Phi) is 4.43. The highest BCUT2D eigenvalue weighted by Crippen LogP contribution is 2.48. The zero-order valence-electron chi connectivity index (χ0n) is 17.0. The molecule has 30 heavy (non-hydrogen) atoms. The predicted octanol–water partition coefficient (Wildman–Crippen LogP) is 3.03. The molecule has 1 aliphatic heterocycles. The SMILES string of the molecule is CC1CCN(c2nccn3ccnc23)CCN1C(=O)c1ccccc1C1(C#N)CC1. The van der Waals surface area contributed by atoms with E-state index in [0.29, 0.717) is 18.7 Å². The Morgan fingerprint density at radius 1 is 1.13 bits per heavy atom. The molecule has 7 nitrogen and oxygen atoms in total. The van der Waals surface area contributed by atoms with Gasteiger partial charge in [-0.25, -0.2) is 9.97 Å². The summed E-state index contributed by atoms with van der Waals surface area (Å²) in [5, 5.41) is 9.66. The van der Waals surface area contributed by atoms with E-state index in [0.717, 1.165) is 42.8 Å². The Hall–Kier alpha value is -3.40. The third-order valence-corrected chi connectivity index (χ3v) is 6.45. The molecule has 2 aliphatic rings. The van der Waals surface area contributed by atoms with Gasteiger partial charge in [-0.2, -0.15) is 5.26 Å². The Labute approximate surface area is 175 Å². The van der Waals surface area contributed by atoms with E-state index in [1.54, 1.807) is 12.4 Å². The molecule has 1 saturated carbocycles. The molecule has 152 valence electrons. The van der Waals surface area contributed by atoms with Crippen LogP contribution < -0.4 is 4.90 Å². The third-order valence-electron chi connectivity index (χ3n) is 6.45. The fourth-order valence-electron chi connectivity index (χ4n) is 4.44. The first kappa shape index (κ1) is 18.6. The minimum atomic E-state index is -0.479. The summed E-state index contributed by atoms with van der Waals surface area (Å²) in [6.07, 6.45) is 9.87. The number of hydrogen-bond donors (Lipinski definition) is 0. The van der Waals surface area contributed by atoms with Crippen LogP contribution >= 0.6 is 0 Å². The molecule has 3 heterocycles. The summed E-state index contributed by atoms with van der Waals surface area (Å²) < 4.78 is 1.97. The van der Waals surface area contributed by atoms with Crippen molar-refractivity contribution >= 4 is 17.4 Å².